The molecule has 0 N–H and O–H groups in total. The molecule has 0 aromatic heterocycles. The van der Waals surface area contributed by atoms with Crippen LogP contribution in [0.15, 0.2) is 162 Å². The largest absolute Gasteiger partial charge is 0.310 e. The van der Waals surface area contributed by atoms with Crippen LogP contribution in [0.4, 0.5) is 17.1 Å². The predicted octanol–water partition coefficient (Wildman–Crippen LogP) is 10.3. The average molecular weight is 565 g/mol. The van der Waals surface area contributed by atoms with Crippen molar-refractivity contribution in [3.05, 3.63) is 184 Å². The predicted molar refractivity (Wildman–Crippen MR) is 166 cm³/mol. The summed E-state index contributed by atoms with van der Waals surface area (Å²) >= 11 is 3.80. The minimum absolute atomic E-state index is 0.452. The molecule has 0 aliphatic heterocycles. The first-order valence-electron chi connectivity index (χ1n) is 13.2. The van der Waals surface area contributed by atoms with Crippen molar-refractivity contribution in [3.8, 4) is 11.1 Å². The average Bonchev–Trinajstić information content (AvgIpc) is 3.29. The molecule has 0 heterocycles. The topological polar surface area (TPSA) is 3.24 Å². The van der Waals surface area contributed by atoms with Crippen molar-refractivity contribution in [3.63, 3.8) is 0 Å². The second-order valence-corrected chi connectivity index (χ2v) is 10.8. The lowest BCUT2D eigenvalue weighted by Gasteiger charge is -2.35. The van der Waals surface area contributed by atoms with Crippen molar-refractivity contribution in [1.82, 2.24) is 0 Å². The Morgan fingerprint density at radius 1 is 0.410 bits per heavy atom. The molecule has 0 atom stereocenters. The molecule has 0 fully saturated rings. The van der Waals surface area contributed by atoms with Crippen molar-refractivity contribution in [2.45, 2.75) is 5.41 Å². The number of benzene rings is 6. The van der Waals surface area contributed by atoms with E-state index in [1.54, 1.807) is 0 Å². The molecular weight excluding hydrogens is 538 g/mol. The summed E-state index contributed by atoms with van der Waals surface area (Å²) in [7, 11) is 0. The van der Waals surface area contributed by atoms with Crippen LogP contribution < -0.4 is 4.90 Å². The van der Waals surface area contributed by atoms with E-state index in [-0.39, 0.29) is 0 Å². The van der Waals surface area contributed by atoms with Gasteiger partial charge in [0.15, 0.2) is 0 Å². The monoisotopic (exact) mass is 563 g/mol. The highest BCUT2D eigenvalue weighted by Gasteiger charge is 2.46. The van der Waals surface area contributed by atoms with Gasteiger partial charge in [0.2, 0.25) is 0 Å². The summed E-state index contributed by atoms with van der Waals surface area (Å²) < 4.78 is 1.08. The third-order valence-corrected chi connectivity index (χ3v) is 8.28. The zero-order chi connectivity index (χ0) is 26.2. The van der Waals surface area contributed by atoms with Crippen LogP contribution in [0.3, 0.4) is 0 Å². The fraction of sp³-hybridized carbons (Fsp3) is 0.0270. The van der Waals surface area contributed by atoms with Gasteiger partial charge in [0.1, 0.15) is 0 Å². The first-order chi connectivity index (χ1) is 19.3. The van der Waals surface area contributed by atoms with E-state index in [0.717, 1.165) is 21.5 Å². The number of anilines is 3. The Morgan fingerprint density at radius 3 is 1.36 bits per heavy atom. The van der Waals surface area contributed by atoms with Gasteiger partial charge in [0.05, 0.1) is 5.41 Å². The second kappa shape index (κ2) is 9.72. The lowest BCUT2D eigenvalue weighted by molar-refractivity contribution is 0.768. The van der Waals surface area contributed by atoms with Crippen molar-refractivity contribution in [2.24, 2.45) is 0 Å². The summed E-state index contributed by atoms with van der Waals surface area (Å²) in [5, 5.41) is 0. The molecule has 7 rings (SSSR count). The van der Waals surface area contributed by atoms with E-state index < -0.39 is 5.41 Å². The molecule has 0 amide bonds. The second-order valence-electron chi connectivity index (χ2n) is 9.91. The van der Waals surface area contributed by atoms with Gasteiger partial charge in [-0.2, -0.15) is 0 Å². The lowest BCUT2D eigenvalue weighted by atomic mass is 9.67. The van der Waals surface area contributed by atoms with E-state index in [1.165, 1.54) is 33.4 Å². The molecule has 1 nitrogen and oxygen atoms in total. The maximum absolute atomic E-state index is 3.80. The molecule has 0 saturated heterocycles. The maximum atomic E-state index is 3.80. The van der Waals surface area contributed by atoms with Crippen LogP contribution in [-0.4, -0.2) is 0 Å². The molecule has 1 aliphatic carbocycles. The highest BCUT2D eigenvalue weighted by Crippen LogP contribution is 2.57. The van der Waals surface area contributed by atoms with E-state index >= 15 is 0 Å². The molecule has 186 valence electrons. The van der Waals surface area contributed by atoms with Crippen LogP contribution in [0.1, 0.15) is 22.3 Å². The standard InChI is InChI=1S/C37H26BrN/c38-29-21-23-33-34-24-22-32(39(30-17-9-3-10-18-30)31-19-11-4-12-20-31)26-36(34)37(35(33)25-29,27-13-5-1-6-14-27)28-15-7-2-8-16-28/h1-26H. The lowest BCUT2D eigenvalue weighted by Crippen LogP contribution is -2.28. The molecular formula is C37H26BrN. The summed E-state index contributed by atoms with van der Waals surface area (Å²) in [6.45, 7) is 0. The molecule has 6 aromatic rings. The number of rotatable bonds is 5. The van der Waals surface area contributed by atoms with Gasteiger partial charge in [0, 0.05) is 21.5 Å². The summed E-state index contributed by atoms with van der Waals surface area (Å²) in [4.78, 5) is 2.35. The van der Waals surface area contributed by atoms with E-state index in [4.69, 9.17) is 0 Å². The molecule has 0 saturated carbocycles. The fourth-order valence-corrected chi connectivity index (χ4v) is 6.55. The summed E-state index contributed by atoms with van der Waals surface area (Å²) in [5.74, 6) is 0. The first kappa shape index (κ1) is 23.7. The van der Waals surface area contributed by atoms with E-state index in [1.807, 2.05) is 0 Å². The van der Waals surface area contributed by atoms with E-state index in [2.05, 4.69) is 179 Å². The number of hydrogen-bond acceptors (Lipinski definition) is 1. The maximum Gasteiger partial charge on any atom is 0.0714 e. The Labute approximate surface area is 238 Å². The third kappa shape index (κ3) is 3.83. The van der Waals surface area contributed by atoms with Gasteiger partial charge < -0.3 is 4.90 Å². The Hall–Kier alpha value is -4.40. The van der Waals surface area contributed by atoms with Gasteiger partial charge >= 0.3 is 0 Å². The number of hydrogen-bond donors (Lipinski definition) is 0. The zero-order valence-corrected chi connectivity index (χ0v) is 22.9. The highest BCUT2D eigenvalue weighted by atomic mass is 79.9. The Kier molecular flexibility index (Phi) is 5.91. The van der Waals surface area contributed by atoms with Crippen LogP contribution in [-0.2, 0) is 5.41 Å². The van der Waals surface area contributed by atoms with Gasteiger partial charge in [-0.25, -0.2) is 0 Å². The minimum atomic E-state index is -0.452. The quantitative estimate of drug-likeness (QED) is 0.201. The Morgan fingerprint density at radius 2 is 0.846 bits per heavy atom. The van der Waals surface area contributed by atoms with E-state index in [9.17, 15) is 0 Å². The Bertz CT molecular complexity index is 1670. The van der Waals surface area contributed by atoms with Gasteiger partial charge in [-0.1, -0.05) is 125 Å². The number of fused-ring (bicyclic) bond motifs is 3. The van der Waals surface area contributed by atoms with Gasteiger partial charge in [-0.05, 0) is 81.9 Å². The molecule has 0 bridgehead atoms. The molecule has 1 aliphatic rings. The van der Waals surface area contributed by atoms with Crippen molar-refractivity contribution < 1.29 is 0 Å². The summed E-state index contributed by atoms with van der Waals surface area (Å²) in [6, 6.07) is 56.8. The minimum Gasteiger partial charge on any atom is -0.310 e. The molecule has 6 aromatic carbocycles. The molecule has 0 radical (unpaired) electrons. The van der Waals surface area contributed by atoms with E-state index in [0.29, 0.717) is 0 Å². The van der Waals surface area contributed by atoms with Crippen LogP contribution >= 0.6 is 15.9 Å². The fourth-order valence-electron chi connectivity index (χ4n) is 6.19. The summed E-state index contributed by atoms with van der Waals surface area (Å²) in [6.07, 6.45) is 0. The van der Waals surface area contributed by atoms with Crippen molar-refractivity contribution in [2.75, 3.05) is 4.90 Å². The van der Waals surface area contributed by atoms with Crippen LogP contribution in [0.5, 0.6) is 0 Å². The first-order valence-corrected chi connectivity index (χ1v) is 14.0. The van der Waals surface area contributed by atoms with Crippen molar-refractivity contribution in [1.29, 1.82) is 0 Å². The molecule has 39 heavy (non-hydrogen) atoms. The van der Waals surface area contributed by atoms with Crippen LogP contribution in [0, 0.1) is 0 Å². The smallest absolute Gasteiger partial charge is 0.0714 e. The van der Waals surface area contributed by atoms with Gasteiger partial charge in [-0.15, -0.1) is 0 Å². The Balaban J connectivity index is 1.56. The van der Waals surface area contributed by atoms with Crippen LogP contribution in [0.2, 0.25) is 0 Å². The number of halogens is 1. The third-order valence-electron chi connectivity index (χ3n) is 7.78. The normalized spacial score (nSPS) is 12.9. The van der Waals surface area contributed by atoms with Gasteiger partial charge in [-0.3, -0.25) is 0 Å². The van der Waals surface area contributed by atoms with Crippen molar-refractivity contribution >= 4 is 33.0 Å². The molecule has 0 spiro atoms. The van der Waals surface area contributed by atoms with Gasteiger partial charge in [0.25, 0.3) is 0 Å². The number of para-hydroxylation sites is 2. The highest BCUT2D eigenvalue weighted by molar-refractivity contribution is 9.10. The summed E-state index contributed by atoms with van der Waals surface area (Å²) in [5.41, 5.74) is 10.6. The SMILES string of the molecule is Brc1ccc2c(c1)C(c1ccccc1)(c1ccccc1)c1cc(N(c3ccccc3)c3ccccc3)ccc1-2. The zero-order valence-electron chi connectivity index (χ0n) is 21.3. The molecule has 2 heteroatoms. The number of nitrogens with zero attached hydrogens (tertiary/aromatic N) is 1. The van der Waals surface area contributed by atoms with Crippen LogP contribution in [0.25, 0.3) is 11.1 Å². The molecule has 0 unspecified atom stereocenters.